The lowest BCUT2D eigenvalue weighted by Gasteiger charge is -2.30. The van der Waals surface area contributed by atoms with Gasteiger partial charge in [-0.25, -0.2) is 9.59 Å². The Morgan fingerprint density at radius 3 is 2.50 bits per heavy atom. The van der Waals surface area contributed by atoms with Gasteiger partial charge in [-0.2, -0.15) is 0 Å². The van der Waals surface area contributed by atoms with Gasteiger partial charge in [-0.1, -0.05) is 0 Å². The molecule has 0 radical (unpaired) electrons. The minimum absolute atomic E-state index is 0.182. The summed E-state index contributed by atoms with van der Waals surface area (Å²) in [4.78, 5) is 22.0. The fraction of sp³-hybridized carbons (Fsp3) is 0.667. The third-order valence-corrected chi connectivity index (χ3v) is 1.77. The quantitative estimate of drug-likeness (QED) is 0.475. The summed E-state index contributed by atoms with van der Waals surface area (Å²) in [7, 11) is 0. The first kappa shape index (κ1) is 8.79. The predicted molar refractivity (Wildman–Crippen MR) is 39.0 cm³/mol. The highest BCUT2D eigenvalue weighted by atomic mass is 16.4. The van der Waals surface area contributed by atoms with Crippen molar-refractivity contribution in [3.63, 3.8) is 0 Å². The Balaban J connectivity index is 2.67. The molecule has 0 aliphatic carbocycles. The van der Waals surface area contributed by atoms with Crippen LogP contribution >= 0.6 is 0 Å². The third-order valence-electron chi connectivity index (χ3n) is 1.77. The largest absolute Gasteiger partial charge is 0.480 e. The molecule has 0 aromatic carbocycles. The van der Waals surface area contributed by atoms with Gasteiger partial charge in [0.15, 0.2) is 0 Å². The molecule has 1 aliphatic heterocycles. The van der Waals surface area contributed by atoms with Crippen molar-refractivity contribution in [1.82, 2.24) is 10.2 Å². The normalized spacial score (nSPS) is 23.7. The highest BCUT2D eigenvalue weighted by Gasteiger charge is 2.31. The van der Waals surface area contributed by atoms with E-state index in [1.165, 1.54) is 0 Å². The summed E-state index contributed by atoms with van der Waals surface area (Å²) in [6.45, 7) is 0.921. The second-order valence-electron chi connectivity index (χ2n) is 2.53. The number of amides is 1. The SMILES string of the molecule is O=C(O)[C@H]1CNCCN1C(=O)O. The van der Waals surface area contributed by atoms with E-state index in [0.29, 0.717) is 6.54 Å². The molecule has 68 valence electrons. The Bertz CT molecular complexity index is 184. The highest BCUT2D eigenvalue weighted by molar-refractivity contribution is 5.79. The molecule has 1 amide bonds. The second kappa shape index (κ2) is 3.40. The molecule has 3 N–H and O–H groups in total. The van der Waals surface area contributed by atoms with Crippen LogP contribution in [0, 0.1) is 0 Å². The first-order valence-corrected chi connectivity index (χ1v) is 3.56. The third kappa shape index (κ3) is 1.65. The van der Waals surface area contributed by atoms with E-state index in [2.05, 4.69) is 5.32 Å². The summed E-state index contributed by atoms with van der Waals surface area (Å²) >= 11 is 0. The monoisotopic (exact) mass is 174 g/mol. The van der Waals surface area contributed by atoms with Gasteiger partial charge < -0.3 is 15.5 Å². The van der Waals surface area contributed by atoms with Crippen LogP contribution in [0.25, 0.3) is 0 Å². The van der Waals surface area contributed by atoms with E-state index in [4.69, 9.17) is 10.2 Å². The molecule has 1 saturated heterocycles. The molecular formula is C6H10N2O4. The molecule has 0 unspecified atom stereocenters. The zero-order valence-electron chi connectivity index (χ0n) is 6.36. The van der Waals surface area contributed by atoms with Crippen LogP contribution in [0.1, 0.15) is 0 Å². The van der Waals surface area contributed by atoms with Gasteiger partial charge in [0.05, 0.1) is 0 Å². The Morgan fingerprint density at radius 1 is 1.42 bits per heavy atom. The summed E-state index contributed by atoms with van der Waals surface area (Å²) in [6, 6.07) is -0.948. The number of hydrogen-bond acceptors (Lipinski definition) is 3. The van der Waals surface area contributed by atoms with Crippen molar-refractivity contribution in [3.8, 4) is 0 Å². The van der Waals surface area contributed by atoms with Crippen LogP contribution in [-0.2, 0) is 4.79 Å². The summed E-state index contributed by atoms with van der Waals surface area (Å²) < 4.78 is 0. The van der Waals surface area contributed by atoms with Gasteiger partial charge in [0.25, 0.3) is 0 Å². The maximum atomic E-state index is 10.5. The molecular weight excluding hydrogens is 164 g/mol. The van der Waals surface area contributed by atoms with E-state index in [1.807, 2.05) is 0 Å². The smallest absolute Gasteiger partial charge is 0.408 e. The fourth-order valence-corrected chi connectivity index (χ4v) is 1.15. The molecule has 0 bridgehead atoms. The molecule has 0 spiro atoms. The van der Waals surface area contributed by atoms with Crippen molar-refractivity contribution in [2.45, 2.75) is 6.04 Å². The topological polar surface area (TPSA) is 89.9 Å². The lowest BCUT2D eigenvalue weighted by Crippen LogP contribution is -2.56. The number of piperazine rings is 1. The van der Waals surface area contributed by atoms with Crippen LogP contribution in [0.3, 0.4) is 0 Å². The Morgan fingerprint density at radius 2 is 2.08 bits per heavy atom. The number of aliphatic carboxylic acids is 1. The van der Waals surface area contributed by atoms with E-state index in [-0.39, 0.29) is 13.1 Å². The van der Waals surface area contributed by atoms with Gasteiger partial charge >= 0.3 is 12.1 Å². The zero-order chi connectivity index (χ0) is 9.14. The van der Waals surface area contributed by atoms with E-state index in [0.717, 1.165) is 4.90 Å². The van der Waals surface area contributed by atoms with Crippen molar-refractivity contribution in [3.05, 3.63) is 0 Å². The van der Waals surface area contributed by atoms with E-state index >= 15 is 0 Å². The average molecular weight is 174 g/mol. The van der Waals surface area contributed by atoms with Crippen molar-refractivity contribution in [2.75, 3.05) is 19.6 Å². The molecule has 0 aromatic heterocycles. The zero-order valence-corrected chi connectivity index (χ0v) is 6.36. The number of carboxylic acid groups (broad SMARTS) is 2. The summed E-state index contributed by atoms with van der Waals surface area (Å²) in [5.41, 5.74) is 0. The molecule has 1 fully saturated rings. The number of hydrogen-bond donors (Lipinski definition) is 3. The molecule has 1 atom stereocenters. The van der Waals surface area contributed by atoms with Gasteiger partial charge in [-0.15, -0.1) is 0 Å². The average Bonchev–Trinajstić information content (AvgIpc) is 2.04. The number of carbonyl (C=O) groups is 2. The lowest BCUT2D eigenvalue weighted by molar-refractivity contribution is -0.143. The maximum Gasteiger partial charge on any atom is 0.408 e. The van der Waals surface area contributed by atoms with Crippen LogP contribution in [0.2, 0.25) is 0 Å². The summed E-state index contributed by atoms with van der Waals surface area (Å²) in [6.07, 6.45) is -1.18. The lowest BCUT2D eigenvalue weighted by atomic mass is 10.2. The van der Waals surface area contributed by atoms with E-state index in [9.17, 15) is 9.59 Å². The Kier molecular flexibility index (Phi) is 2.49. The number of nitrogens with one attached hydrogen (secondary N) is 1. The minimum atomic E-state index is -1.18. The van der Waals surface area contributed by atoms with Crippen molar-refractivity contribution >= 4 is 12.1 Å². The van der Waals surface area contributed by atoms with E-state index in [1.54, 1.807) is 0 Å². The molecule has 0 saturated carbocycles. The Hall–Kier alpha value is -1.30. The fourth-order valence-electron chi connectivity index (χ4n) is 1.15. The number of rotatable bonds is 1. The summed E-state index contributed by atoms with van der Waals surface area (Å²) in [5.74, 6) is -1.11. The minimum Gasteiger partial charge on any atom is -0.480 e. The standard InChI is InChI=1S/C6H10N2O4/c9-5(10)4-3-7-1-2-8(4)6(11)12/h4,7H,1-3H2,(H,9,10)(H,11,12)/t4-/m1/s1. The molecule has 6 heteroatoms. The molecule has 1 aliphatic rings. The van der Waals surface area contributed by atoms with E-state index < -0.39 is 18.1 Å². The number of nitrogens with zero attached hydrogens (tertiary/aromatic N) is 1. The van der Waals surface area contributed by atoms with Crippen molar-refractivity contribution < 1.29 is 19.8 Å². The first-order chi connectivity index (χ1) is 5.63. The maximum absolute atomic E-state index is 10.5. The van der Waals surface area contributed by atoms with Gasteiger partial charge in [0, 0.05) is 19.6 Å². The number of carboxylic acids is 1. The van der Waals surface area contributed by atoms with Gasteiger partial charge in [-0.05, 0) is 0 Å². The van der Waals surface area contributed by atoms with Crippen LogP contribution < -0.4 is 5.32 Å². The van der Waals surface area contributed by atoms with Crippen LogP contribution in [0.5, 0.6) is 0 Å². The second-order valence-corrected chi connectivity index (χ2v) is 2.53. The first-order valence-electron chi connectivity index (χ1n) is 3.56. The van der Waals surface area contributed by atoms with Crippen molar-refractivity contribution in [2.24, 2.45) is 0 Å². The highest BCUT2D eigenvalue weighted by Crippen LogP contribution is 2.03. The van der Waals surface area contributed by atoms with Gasteiger partial charge in [0.1, 0.15) is 6.04 Å². The van der Waals surface area contributed by atoms with Gasteiger partial charge in [-0.3, -0.25) is 4.90 Å². The molecule has 6 nitrogen and oxygen atoms in total. The molecule has 1 heterocycles. The van der Waals surface area contributed by atoms with Crippen LogP contribution in [0.15, 0.2) is 0 Å². The Labute approximate surface area is 68.8 Å². The summed E-state index contributed by atoms with van der Waals surface area (Å²) in [5, 5.41) is 20.0. The molecule has 12 heavy (non-hydrogen) atoms. The predicted octanol–water partition coefficient (Wildman–Crippen LogP) is -0.977. The van der Waals surface area contributed by atoms with Crippen LogP contribution in [0.4, 0.5) is 4.79 Å². The van der Waals surface area contributed by atoms with Gasteiger partial charge in [0.2, 0.25) is 0 Å². The molecule has 0 aromatic rings. The molecule has 1 rings (SSSR count). The van der Waals surface area contributed by atoms with Crippen LogP contribution in [-0.4, -0.2) is 52.9 Å². The van der Waals surface area contributed by atoms with Crippen molar-refractivity contribution in [1.29, 1.82) is 0 Å².